The predicted octanol–water partition coefficient (Wildman–Crippen LogP) is 4.46. The van der Waals surface area contributed by atoms with Gasteiger partial charge in [-0.15, -0.1) is 0 Å². The van der Waals surface area contributed by atoms with Crippen molar-refractivity contribution in [3.05, 3.63) is 46.3 Å². The van der Waals surface area contributed by atoms with Crippen LogP contribution in [0.2, 0.25) is 0 Å². The van der Waals surface area contributed by atoms with Gasteiger partial charge in [0.1, 0.15) is 23.9 Å². The third-order valence-corrected chi connectivity index (χ3v) is 7.60. The highest BCUT2D eigenvalue weighted by atomic mass is 32.2. The van der Waals surface area contributed by atoms with Gasteiger partial charge in [0.2, 0.25) is 0 Å². The molecule has 1 saturated heterocycles. The molecular formula is C22H21N3O4S2. The molecule has 0 aromatic heterocycles. The molecule has 2 aromatic carbocycles. The number of ether oxygens (including phenoxy) is 3. The second-order valence-electron chi connectivity index (χ2n) is 7.00. The minimum atomic E-state index is -0.0297. The Morgan fingerprint density at radius 2 is 1.90 bits per heavy atom. The summed E-state index contributed by atoms with van der Waals surface area (Å²) in [6.45, 7) is 3.56. The number of anilines is 1. The predicted molar refractivity (Wildman–Crippen MR) is 124 cm³/mol. The molecule has 0 atom stereocenters. The van der Waals surface area contributed by atoms with Crippen molar-refractivity contribution in [3.8, 4) is 17.2 Å². The fraction of sp³-hybridized carbons (Fsp3) is 0.273. The maximum absolute atomic E-state index is 13.2. The third-order valence-electron chi connectivity index (χ3n) is 5.16. The van der Waals surface area contributed by atoms with E-state index >= 15 is 0 Å². The van der Waals surface area contributed by atoms with Crippen LogP contribution in [0.3, 0.4) is 0 Å². The second kappa shape index (κ2) is 8.05. The molecular weight excluding hydrogens is 434 g/mol. The molecule has 5 rings (SSSR count). The molecule has 3 heterocycles. The van der Waals surface area contributed by atoms with E-state index in [0.717, 1.165) is 32.8 Å². The normalized spacial score (nSPS) is 21.1. The maximum Gasteiger partial charge on any atom is 0.269 e. The summed E-state index contributed by atoms with van der Waals surface area (Å²) in [5.41, 5.74) is 1.75. The Hall–Kier alpha value is -2.78. The summed E-state index contributed by atoms with van der Waals surface area (Å²) in [4.78, 5) is 23.5. The first-order valence-corrected chi connectivity index (χ1v) is 11.5. The van der Waals surface area contributed by atoms with E-state index in [0.29, 0.717) is 35.6 Å². The van der Waals surface area contributed by atoms with Gasteiger partial charge in [-0.1, -0.05) is 11.8 Å². The van der Waals surface area contributed by atoms with Crippen molar-refractivity contribution in [1.82, 2.24) is 4.90 Å². The summed E-state index contributed by atoms with van der Waals surface area (Å²) in [6, 6.07) is 11.5. The number of likely N-dealkylation sites (N-methyl/N-ethyl adjacent to an activating group) is 1. The van der Waals surface area contributed by atoms with Crippen LogP contribution in [0.1, 0.15) is 6.92 Å². The van der Waals surface area contributed by atoms with E-state index in [1.807, 2.05) is 55.3 Å². The number of hydrogen-bond donors (Lipinski definition) is 0. The molecule has 3 aliphatic heterocycles. The smallest absolute Gasteiger partial charge is 0.269 e. The zero-order chi connectivity index (χ0) is 21.5. The molecule has 0 bridgehead atoms. The van der Waals surface area contributed by atoms with Crippen molar-refractivity contribution in [1.29, 1.82) is 0 Å². The van der Waals surface area contributed by atoms with Gasteiger partial charge in [0.15, 0.2) is 16.7 Å². The fourth-order valence-corrected chi connectivity index (χ4v) is 5.95. The maximum atomic E-state index is 13.2. The molecule has 160 valence electrons. The van der Waals surface area contributed by atoms with Crippen LogP contribution in [0.15, 0.2) is 56.2 Å². The molecule has 0 spiro atoms. The van der Waals surface area contributed by atoms with Crippen molar-refractivity contribution >= 4 is 46.0 Å². The Morgan fingerprint density at radius 3 is 2.68 bits per heavy atom. The lowest BCUT2D eigenvalue weighted by Crippen LogP contribution is -2.29. The fourth-order valence-electron chi connectivity index (χ4n) is 3.56. The Balaban J connectivity index is 1.49. The molecule has 9 heteroatoms. The third kappa shape index (κ3) is 3.51. The number of aliphatic imine (C=N–C) groups is 1. The first kappa shape index (κ1) is 20.1. The van der Waals surface area contributed by atoms with Gasteiger partial charge in [-0.25, -0.2) is 4.99 Å². The van der Waals surface area contributed by atoms with E-state index in [-0.39, 0.29) is 5.91 Å². The number of amidine groups is 1. The Kier molecular flexibility index (Phi) is 5.23. The quantitative estimate of drug-likeness (QED) is 0.633. The van der Waals surface area contributed by atoms with Crippen LogP contribution in [0.25, 0.3) is 0 Å². The van der Waals surface area contributed by atoms with Gasteiger partial charge in [0.25, 0.3) is 5.91 Å². The van der Waals surface area contributed by atoms with Crippen LogP contribution >= 0.6 is 23.5 Å². The topological polar surface area (TPSA) is 63.6 Å². The minimum Gasteiger partial charge on any atom is -0.497 e. The number of carbonyl (C=O) groups excluding carboxylic acids is 1. The van der Waals surface area contributed by atoms with Gasteiger partial charge in [0.05, 0.1) is 23.5 Å². The molecule has 1 fully saturated rings. The number of nitrogens with zero attached hydrogens (tertiary/aromatic N) is 3. The Labute approximate surface area is 189 Å². The molecule has 0 saturated carbocycles. The Morgan fingerprint density at radius 1 is 1.10 bits per heavy atom. The summed E-state index contributed by atoms with van der Waals surface area (Å²) in [7, 11) is 3.62. The molecule has 0 radical (unpaired) electrons. The van der Waals surface area contributed by atoms with Crippen molar-refractivity contribution in [3.63, 3.8) is 0 Å². The molecule has 3 aliphatic rings. The highest BCUT2D eigenvalue weighted by Crippen LogP contribution is 2.51. The van der Waals surface area contributed by atoms with Gasteiger partial charge in [-0.05, 0) is 43.0 Å². The first-order chi connectivity index (χ1) is 15.1. The van der Waals surface area contributed by atoms with Gasteiger partial charge in [-0.2, -0.15) is 0 Å². The van der Waals surface area contributed by atoms with Crippen molar-refractivity contribution < 1.29 is 19.0 Å². The zero-order valence-corrected chi connectivity index (χ0v) is 19.0. The number of rotatable bonds is 3. The Bertz CT molecular complexity index is 1130. The number of thioether (sulfide) groups is 2. The zero-order valence-electron chi connectivity index (χ0n) is 17.4. The van der Waals surface area contributed by atoms with Gasteiger partial charge in [-0.3, -0.25) is 9.69 Å². The number of benzene rings is 2. The van der Waals surface area contributed by atoms with Crippen molar-refractivity contribution in [2.75, 3.05) is 38.8 Å². The van der Waals surface area contributed by atoms with Crippen LogP contribution in [-0.2, 0) is 4.79 Å². The molecule has 31 heavy (non-hydrogen) atoms. The average molecular weight is 456 g/mol. The first-order valence-electron chi connectivity index (χ1n) is 9.91. The van der Waals surface area contributed by atoms with E-state index < -0.39 is 0 Å². The van der Waals surface area contributed by atoms with Gasteiger partial charge >= 0.3 is 0 Å². The molecule has 0 N–H and O–H groups in total. The van der Waals surface area contributed by atoms with E-state index in [1.54, 1.807) is 23.8 Å². The number of amides is 1. The lowest BCUT2D eigenvalue weighted by atomic mass is 10.2. The van der Waals surface area contributed by atoms with Crippen LogP contribution in [0, 0.1) is 0 Å². The summed E-state index contributed by atoms with van der Waals surface area (Å²) in [6.07, 6.45) is 0. The number of carbonyl (C=O) groups is 1. The second-order valence-corrected chi connectivity index (χ2v) is 9.01. The number of hydrogen-bond acceptors (Lipinski definition) is 8. The summed E-state index contributed by atoms with van der Waals surface area (Å²) >= 11 is 3.00. The highest BCUT2D eigenvalue weighted by Gasteiger charge is 2.38. The molecule has 0 aliphatic carbocycles. The molecule has 2 aromatic rings. The molecule has 1 amide bonds. The SMILES string of the molecule is CCN1C(=O)C(=C2Sc3ccc(OC)cc3N2C)SC1=Nc1ccc2c(c1)OCCO2. The number of methoxy groups -OCH3 is 1. The number of fused-ring (bicyclic) bond motifs is 2. The van der Waals surface area contributed by atoms with Crippen LogP contribution in [0.4, 0.5) is 11.4 Å². The van der Waals surface area contributed by atoms with Crippen LogP contribution in [0.5, 0.6) is 17.2 Å². The lowest BCUT2D eigenvalue weighted by molar-refractivity contribution is -0.122. The summed E-state index contributed by atoms with van der Waals surface area (Å²) < 4.78 is 16.6. The standard InChI is InChI=1S/C22H21N3O4S2/c1-4-25-20(26)19(21-24(2)15-12-14(27-3)6-8-18(15)30-21)31-22(25)23-13-5-7-16-17(11-13)29-10-9-28-16/h5-8,11-12H,4,9-10H2,1-3H3. The summed E-state index contributed by atoms with van der Waals surface area (Å²) in [5.74, 6) is 2.16. The van der Waals surface area contributed by atoms with E-state index in [2.05, 4.69) is 0 Å². The lowest BCUT2D eigenvalue weighted by Gasteiger charge is -2.18. The molecule has 7 nitrogen and oxygen atoms in total. The van der Waals surface area contributed by atoms with Crippen molar-refractivity contribution in [2.45, 2.75) is 11.8 Å². The van der Waals surface area contributed by atoms with Crippen LogP contribution < -0.4 is 19.1 Å². The highest BCUT2D eigenvalue weighted by molar-refractivity contribution is 8.19. The van der Waals surface area contributed by atoms with E-state index in [1.165, 1.54) is 11.8 Å². The van der Waals surface area contributed by atoms with Gasteiger partial charge < -0.3 is 19.1 Å². The average Bonchev–Trinajstić information content (AvgIpc) is 3.29. The monoisotopic (exact) mass is 455 g/mol. The van der Waals surface area contributed by atoms with Gasteiger partial charge in [0, 0.05) is 30.6 Å². The minimum absolute atomic E-state index is 0.0297. The van der Waals surface area contributed by atoms with E-state index in [4.69, 9.17) is 19.2 Å². The van der Waals surface area contributed by atoms with Crippen molar-refractivity contribution in [2.24, 2.45) is 4.99 Å². The largest absolute Gasteiger partial charge is 0.497 e. The van der Waals surface area contributed by atoms with Crippen LogP contribution in [-0.4, -0.2) is 49.9 Å². The van der Waals surface area contributed by atoms with E-state index in [9.17, 15) is 4.79 Å². The molecule has 0 unspecified atom stereocenters. The summed E-state index contributed by atoms with van der Waals surface area (Å²) in [5, 5.41) is 1.57.